The minimum Gasteiger partial charge on any atom is -0.508 e. The monoisotopic (exact) mass is 409 g/mol. The highest BCUT2D eigenvalue weighted by molar-refractivity contribution is 6.16. The van der Waals surface area contributed by atoms with Crippen LogP contribution < -0.4 is 0 Å². The molecule has 4 bridgehead atoms. The summed E-state index contributed by atoms with van der Waals surface area (Å²) in [5.41, 5.74) is 6.53. The Morgan fingerprint density at radius 3 is 2.19 bits per heavy atom. The van der Waals surface area contributed by atoms with E-state index in [2.05, 4.69) is 30.1 Å². The molecule has 0 amide bonds. The zero-order valence-corrected chi connectivity index (χ0v) is 17.2. The van der Waals surface area contributed by atoms with Crippen LogP contribution in [0.1, 0.15) is 30.4 Å². The SMILES string of the molecule is CCC(c1ccc(O)cc1)c1cc2cc3oc4cccc([nH]2)c4c13.Oc1ccccc1. The van der Waals surface area contributed by atoms with Gasteiger partial charge in [0.05, 0.1) is 10.9 Å². The number of aromatic hydroxyl groups is 2. The van der Waals surface area contributed by atoms with Crippen LogP contribution in [0.25, 0.3) is 33.0 Å². The van der Waals surface area contributed by atoms with E-state index in [0.717, 1.165) is 28.6 Å². The van der Waals surface area contributed by atoms with E-state index >= 15 is 0 Å². The molecule has 0 radical (unpaired) electrons. The molecule has 4 nitrogen and oxygen atoms in total. The van der Waals surface area contributed by atoms with Crippen molar-refractivity contribution in [3.05, 3.63) is 96.1 Å². The number of nitrogens with one attached hydrogen (secondary N) is 1. The summed E-state index contributed by atoms with van der Waals surface area (Å²) in [6.07, 6.45) is 0.984. The number of rotatable bonds is 3. The predicted molar refractivity (Wildman–Crippen MR) is 125 cm³/mol. The summed E-state index contributed by atoms with van der Waals surface area (Å²) >= 11 is 0. The molecule has 3 aromatic heterocycles. The maximum absolute atomic E-state index is 9.59. The maximum atomic E-state index is 9.59. The third kappa shape index (κ3) is 3.46. The van der Waals surface area contributed by atoms with Gasteiger partial charge in [0.15, 0.2) is 0 Å². The first-order valence-electron chi connectivity index (χ1n) is 10.4. The maximum Gasteiger partial charge on any atom is 0.137 e. The molecule has 0 aliphatic rings. The molecule has 7 rings (SSSR count). The second-order valence-electron chi connectivity index (χ2n) is 7.73. The average molecular weight is 409 g/mol. The first-order valence-corrected chi connectivity index (χ1v) is 10.4. The van der Waals surface area contributed by atoms with Gasteiger partial charge in [-0.15, -0.1) is 0 Å². The zero-order chi connectivity index (χ0) is 21.4. The number of hydrogen-bond donors (Lipinski definition) is 3. The Kier molecular flexibility index (Phi) is 4.75. The topological polar surface area (TPSA) is 69.4 Å². The number of H-pyrrole nitrogens is 1. The number of phenolic OH excluding ortho intramolecular Hbond substituents is 2. The smallest absolute Gasteiger partial charge is 0.137 e. The van der Waals surface area contributed by atoms with Gasteiger partial charge in [-0.25, -0.2) is 0 Å². The van der Waals surface area contributed by atoms with Crippen LogP contribution in [0.15, 0.2) is 89.3 Å². The standard InChI is InChI=1S/C21H17NO2.C6H6O/c1-2-15(12-6-8-14(23)9-7-12)16-10-13-11-19-20(16)21-17(22-13)4-3-5-18(21)24-19;7-6-4-2-1-3-5-6/h3-11,15,22-23H,2H2,1H3;1-5,7H. The van der Waals surface area contributed by atoms with Crippen LogP contribution in [-0.2, 0) is 0 Å². The largest absolute Gasteiger partial charge is 0.508 e. The van der Waals surface area contributed by atoms with Crippen LogP contribution in [0.2, 0.25) is 0 Å². The van der Waals surface area contributed by atoms with E-state index in [0.29, 0.717) is 11.5 Å². The quantitative estimate of drug-likeness (QED) is 0.291. The van der Waals surface area contributed by atoms with Gasteiger partial charge >= 0.3 is 0 Å². The Labute approximate surface area is 179 Å². The molecule has 1 unspecified atom stereocenters. The van der Waals surface area contributed by atoms with Gasteiger partial charge in [0.2, 0.25) is 0 Å². The molecular weight excluding hydrogens is 386 g/mol. The van der Waals surface area contributed by atoms with Crippen molar-refractivity contribution in [3.63, 3.8) is 0 Å². The van der Waals surface area contributed by atoms with Gasteiger partial charge in [-0.1, -0.05) is 43.3 Å². The first-order chi connectivity index (χ1) is 15.1. The molecule has 0 aliphatic carbocycles. The van der Waals surface area contributed by atoms with Crippen molar-refractivity contribution in [3.8, 4) is 11.5 Å². The van der Waals surface area contributed by atoms with Crippen molar-refractivity contribution in [2.24, 2.45) is 0 Å². The fourth-order valence-corrected chi connectivity index (χ4v) is 4.35. The summed E-state index contributed by atoms with van der Waals surface area (Å²) in [6.45, 7) is 2.20. The molecule has 4 aromatic carbocycles. The van der Waals surface area contributed by atoms with E-state index in [4.69, 9.17) is 9.52 Å². The molecule has 31 heavy (non-hydrogen) atoms. The lowest BCUT2D eigenvalue weighted by atomic mass is 9.86. The number of fused-ring (bicyclic) bond motifs is 1. The molecule has 4 heteroatoms. The Hall–Kier alpha value is -3.92. The molecule has 3 heterocycles. The number of furan rings is 1. The molecule has 0 saturated carbocycles. The normalized spacial score (nSPS) is 12.3. The average Bonchev–Trinajstić information content (AvgIpc) is 2.99. The van der Waals surface area contributed by atoms with E-state index in [9.17, 15) is 5.11 Å². The van der Waals surface area contributed by atoms with E-state index in [1.54, 1.807) is 36.4 Å². The predicted octanol–water partition coefficient (Wildman–Crippen LogP) is 7.14. The molecule has 1 atom stereocenters. The van der Waals surface area contributed by atoms with E-state index < -0.39 is 0 Å². The van der Waals surface area contributed by atoms with Crippen LogP contribution in [0.5, 0.6) is 11.5 Å². The lowest BCUT2D eigenvalue weighted by Gasteiger charge is -2.17. The number of phenols is 2. The van der Waals surface area contributed by atoms with E-state index in [1.165, 1.54) is 21.9 Å². The molecular formula is C27H23NO3. The van der Waals surface area contributed by atoms with Gasteiger partial charge in [0.25, 0.3) is 0 Å². The fourth-order valence-electron chi connectivity index (χ4n) is 4.35. The van der Waals surface area contributed by atoms with Crippen molar-refractivity contribution in [2.45, 2.75) is 19.3 Å². The third-order valence-corrected chi connectivity index (χ3v) is 5.74. The van der Waals surface area contributed by atoms with Crippen molar-refractivity contribution in [2.75, 3.05) is 0 Å². The Bertz CT molecular complexity index is 1430. The highest BCUT2D eigenvalue weighted by Crippen LogP contribution is 2.42. The molecule has 0 saturated heterocycles. The van der Waals surface area contributed by atoms with Crippen molar-refractivity contribution < 1.29 is 14.6 Å². The lowest BCUT2D eigenvalue weighted by molar-refractivity contribution is 0.474. The summed E-state index contributed by atoms with van der Waals surface area (Å²) in [5, 5.41) is 20.6. The summed E-state index contributed by atoms with van der Waals surface area (Å²) in [6, 6.07) is 26.7. The molecule has 7 aromatic rings. The fraction of sp³-hybridized carbons (Fsp3) is 0.111. The first kappa shape index (κ1) is 19.1. The minimum absolute atomic E-state index is 0.266. The molecule has 0 fully saturated rings. The highest BCUT2D eigenvalue weighted by Gasteiger charge is 2.22. The summed E-state index contributed by atoms with van der Waals surface area (Å²) in [5.74, 6) is 0.888. The Morgan fingerprint density at radius 1 is 0.774 bits per heavy atom. The number of hydrogen-bond acceptors (Lipinski definition) is 3. The van der Waals surface area contributed by atoms with Gasteiger partial charge in [-0.3, -0.25) is 0 Å². The summed E-state index contributed by atoms with van der Waals surface area (Å²) in [4.78, 5) is 3.51. The van der Waals surface area contributed by atoms with Gasteiger partial charge < -0.3 is 19.6 Å². The lowest BCUT2D eigenvalue weighted by Crippen LogP contribution is -2.00. The minimum atomic E-state index is 0.266. The number of aromatic nitrogens is 1. The van der Waals surface area contributed by atoms with Crippen molar-refractivity contribution in [1.82, 2.24) is 4.98 Å². The second kappa shape index (κ2) is 7.73. The van der Waals surface area contributed by atoms with Crippen LogP contribution >= 0.6 is 0 Å². The molecule has 0 aliphatic heterocycles. The van der Waals surface area contributed by atoms with Crippen molar-refractivity contribution >= 4 is 33.0 Å². The number of benzene rings is 4. The van der Waals surface area contributed by atoms with Gasteiger partial charge in [0, 0.05) is 22.9 Å². The Morgan fingerprint density at radius 2 is 1.52 bits per heavy atom. The van der Waals surface area contributed by atoms with Crippen LogP contribution in [0.3, 0.4) is 0 Å². The number of para-hydroxylation sites is 1. The summed E-state index contributed by atoms with van der Waals surface area (Å²) in [7, 11) is 0. The van der Waals surface area contributed by atoms with E-state index in [1.807, 2.05) is 30.3 Å². The molecule has 3 N–H and O–H groups in total. The van der Waals surface area contributed by atoms with E-state index in [-0.39, 0.29) is 5.92 Å². The Balaban J connectivity index is 0.000000250. The highest BCUT2D eigenvalue weighted by atomic mass is 16.3. The summed E-state index contributed by atoms with van der Waals surface area (Å²) < 4.78 is 6.08. The van der Waals surface area contributed by atoms with Crippen LogP contribution in [-0.4, -0.2) is 15.2 Å². The van der Waals surface area contributed by atoms with Gasteiger partial charge in [0.1, 0.15) is 22.7 Å². The molecule has 154 valence electrons. The second-order valence-corrected chi connectivity index (χ2v) is 7.73. The van der Waals surface area contributed by atoms with Crippen molar-refractivity contribution in [1.29, 1.82) is 0 Å². The van der Waals surface area contributed by atoms with Crippen LogP contribution in [0, 0.1) is 0 Å². The zero-order valence-electron chi connectivity index (χ0n) is 17.2. The molecule has 0 spiro atoms. The van der Waals surface area contributed by atoms with Gasteiger partial charge in [-0.05, 0) is 60.0 Å². The van der Waals surface area contributed by atoms with Crippen LogP contribution in [0.4, 0.5) is 0 Å². The number of aromatic amines is 1. The van der Waals surface area contributed by atoms with Gasteiger partial charge in [-0.2, -0.15) is 0 Å². The third-order valence-electron chi connectivity index (χ3n) is 5.74.